The van der Waals surface area contributed by atoms with Crippen LogP contribution in [-0.4, -0.2) is 24.8 Å². The number of hydrogen-bond donors (Lipinski definition) is 0. The SMILES string of the molecule is CCCCCCCc1cccc(CCCCCCC)c1OC(C)CCS(=O)(=O)[O-].[Na+]. The average Bonchev–Trinajstić information content (AvgIpc) is 2.67. The van der Waals surface area contributed by atoms with Crippen molar-refractivity contribution in [1.82, 2.24) is 0 Å². The maximum absolute atomic E-state index is 11.0. The summed E-state index contributed by atoms with van der Waals surface area (Å²) in [6, 6.07) is 6.38. The summed E-state index contributed by atoms with van der Waals surface area (Å²) in [5.74, 6) is 0.550. The van der Waals surface area contributed by atoms with Gasteiger partial charge in [0, 0.05) is 5.75 Å². The van der Waals surface area contributed by atoms with Gasteiger partial charge >= 0.3 is 29.6 Å². The second kappa shape index (κ2) is 17.5. The zero-order valence-electron chi connectivity index (χ0n) is 19.8. The van der Waals surface area contributed by atoms with E-state index < -0.39 is 10.1 Å². The minimum atomic E-state index is -4.21. The van der Waals surface area contributed by atoms with Gasteiger partial charge < -0.3 is 9.29 Å². The minimum Gasteiger partial charge on any atom is -0.748 e. The van der Waals surface area contributed by atoms with Crippen LogP contribution < -0.4 is 34.3 Å². The number of ether oxygens (including phenoxy) is 1. The third kappa shape index (κ3) is 14.1. The van der Waals surface area contributed by atoms with Crippen molar-refractivity contribution in [3.05, 3.63) is 29.3 Å². The Bertz CT molecular complexity index is 629. The first-order valence-corrected chi connectivity index (χ1v) is 13.2. The van der Waals surface area contributed by atoms with E-state index in [1.54, 1.807) is 0 Å². The van der Waals surface area contributed by atoms with Crippen molar-refractivity contribution in [3.63, 3.8) is 0 Å². The van der Waals surface area contributed by atoms with E-state index in [0.29, 0.717) is 0 Å². The van der Waals surface area contributed by atoms with Gasteiger partial charge in [0.25, 0.3) is 0 Å². The Morgan fingerprint density at radius 3 is 1.77 bits per heavy atom. The number of aryl methyl sites for hydroxylation is 2. The Morgan fingerprint density at radius 2 is 1.33 bits per heavy atom. The predicted octanol–water partition coefficient (Wildman–Crippen LogP) is 3.42. The first-order chi connectivity index (χ1) is 13.9. The zero-order chi connectivity index (χ0) is 21.5. The molecular weight excluding hydrogens is 407 g/mol. The van der Waals surface area contributed by atoms with Crippen molar-refractivity contribution >= 4 is 10.1 Å². The molecule has 1 aromatic carbocycles. The number of benzene rings is 1. The van der Waals surface area contributed by atoms with Crippen LogP contribution in [0.15, 0.2) is 18.2 Å². The smallest absolute Gasteiger partial charge is 0.748 e. The Hall–Kier alpha value is -0.0700. The average molecular weight is 449 g/mol. The number of para-hydroxylation sites is 1. The van der Waals surface area contributed by atoms with Crippen LogP contribution in [0.2, 0.25) is 0 Å². The number of unbranched alkanes of at least 4 members (excludes halogenated alkanes) is 8. The van der Waals surface area contributed by atoms with Crippen LogP contribution in [0.1, 0.15) is 103 Å². The maximum Gasteiger partial charge on any atom is 1.00 e. The van der Waals surface area contributed by atoms with E-state index in [2.05, 4.69) is 32.0 Å². The minimum absolute atomic E-state index is 0. The van der Waals surface area contributed by atoms with Crippen LogP contribution in [0.4, 0.5) is 0 Å². The molecule has 0 N–H and O–H groups in total. The number of rotatable bonds is 17. The molecule has 0 heterocycles. The second-order valence-corrected chi connectivity index (χ2v) is 9.74. The molecule has 0 aliphatic rings. The molecule has 0 radical (unpaired) electrons. The van der Waals surface area contributed by atoms with E-state index >= 15 is 0 Å². The van der Waals surface area contributed by atoms with E-state index in [9.17, 15) is 13.0 Å². The molecule has 1 aromatic rings. The van der Waals surface area contributed by atoms with Crippen molar-refractivity contribution in [2.45, 2.75) is 110 Å². The van der Waals surface area contributed by atoms with Crippen LogP contribution in [-0.2, 0) is 23.0 Å². The van der Waals surface area contributed by atoms with Crippen molar-refractivity contribution in [2.24, 2.45) is 0 Å². The second-order valence-electron chi connectivity index (χ2n) is 8.21. The molecular formula is C24H41NaO4S. The maximum atomic E-state index is 11.0. The third-order valence-electron chi connectivity index (χ3n) is 5.37. The molecule has 0 amide bonds. The summed E-state index contributed by atoms with van der Waals surface area (Å²) >= 11 is 0. The molecule has 168 valence electrons. The Morgan fingerprint density at radius 1 is 0.867 bits per heavy atom. The van der Waals surface area contributed by atoms with Crippen molar-refractivity contribution < 1.29 is 47.3 Å². The Labute approximate surface area is 207 Å². The summed E-state index contributed by atoms with van der Waals surface area (Å²) in [6.07, 6.45) is 14.2. The summed E-state index contributed by atoms with van der Waals surface area (Å²) in [4.78, 5) is 0. The molecule has 4 nitrogen and oxygen atoms in total. The summed E-state index contributed by atoms with van der Waals surface area (Å²) in [6.45, 7) is 6.30. The molecule has 30 heavy (non-hydrogen) atoms. The topological polar surface area (TPSA) is 66.4 Å². The van der Waals surface area contributed by atoms with Gasteiger partial charge in [0.2, 0.25) is 0 Å². The fraction of sp³-hybridized carbons (Fsp3) is 0.750. The molecule has 0 saturated heterocycles. The molecule has 1 rings (SSSR count). The summed E-state index contributed by atoms with van der Waals surface area (Å²) < 4.78 is 39.1. The number of hydrogen-bond acceptors (Lipinski definition) is 4. The zero-order valence-corrected chi connectivity index (χ0v) is 22.6. The molecule has 0 spiro atoms. The molecule has 6 heteroatoms. The van der Waals surface area contributed by atoms with E-state index in [-0.39, 0.29) is 47.8 Å². The molecule has 0 aromatic heterocycles. The quantitative estimate of drug-likeness (QED) is 0.208. The molecule has 0 bridgehead atoms. The van der Waals surface area contributed by atoms with Gasteiger partial charge in [-0.15, -0.1) is 0 Å². The Balaban J connectivity index is 0.00000841. The van der Waals surface area contributed by atoms with Gasteiger partial charge in [-0.05, 0) is 50.2 Å². The summed E-state index contributed by atoms with van der Waals surface area (Å²) in [5.41, 5.74) is 2.42. The fourth-order valence-electron chi connectivity index (χ4n) is 3.59. The van der Waals surface area contributed by atoms with Crippen molar-refractivity contribution in [3.8, 4) is 5.75 Å². The summed E-state index contributed by atoms with van der Waals surface area (Å²) in [7, 11) is -4.21. The first-order valence-electron chi connectivity index (χ1n) is 11.6. The van der Waals surface area contributed by atoms with Gasteiger partial charge in [-0.2, -0.15) is 0 Å². The van der Waals surface area contributed by atoms with E-state index in [0.717, 1.165) is 31.4 Å². The third-order valence-corrected chi connectivity index (χ3v) is 6.11. The molecule has 0 fully saturated rings. The van der Waals surface area contributed by atoms with Gasteiger partial charge in [0.1, 0.15) is 5.75 Å². The standard InChI is InChI=1S/C24H42O4S.Na/c1-4-6-8-10-12-15-22-17-14-18-23(16-13-11-9-7-5-2)24(22)28-21(3)19-20-29(25,26)27;/h14,17-18,21H,4-13,15-16,19-20H2,1-3H3,(H,25,26,27);/q;+1/p-1. The predicted molar refractivity (Wildman–Crippen MR) is 121 cm³/mol. The fourth-order valence-corrected chi connectivity index (χ4v) is 4.21. The van der Waals surface area contributed by atoms with E-state index in [1.807, 2.05) is 6.92 Å². The first kappa shape index (κ1) is 29.9. The van der Waals surface area contributed by atoms with Crippen molar-refractivity contribution in [2.75, 3.05) is 5.75 Å². The van der Waals surface area contributed by atoms with Gasteiger partial charge in [0.15, 0.2) is 0 Å². The largest absolute Gasteiger partial charge is 1.00 e. The van der Waals surface area contributed by atoms with E-state index in [1.165, 1.54) is 62.5 Å². The van der Waals surface area contributed by atoms with Crippen LogP contribution in [0.5, 0.6) is 5.75 Å². The summed E-state index contributed by atoms with van der Waals surface area (Å²) in [5, 5.41) is 0. The molecule has 1 atom stereocenters. The molecule has 0 aliphatic heterocycles. The van der Waals surface area contributed by atoms with Crippen molar-refractivity contribution in [1.29, 1.82) is 0 Å². The Kier molecular flexibility index (Phi) is 17.4. The molecule has 0 saturated carbocycles. The van der Waals surface area contributed by atoms with Gasteiger partial charge in [-0.1, -0.05) is 83.4 Å². The van der Waals surface area contributed by atoms with Crippen LogP contribution in [0.3, 0.4) is 0 Å². The van der Waals surface area contributed by atoms with Crippen LogP contribution >= 0.6 is 0 Å². The van der Waals surface area contributed by atoms with Gasteiger partial charge in [-0.3, -0.25) is 0 Å². The van der Waals surface area contributed by atoms with E-state index in [4.69, 9.17) is 4.74 Å². The molecule has 1 unspecified atom stereocenters. The van der Waals surface area contributed by atoms with Gasteiger partial charge in [-0.25, -0.2) is 8.42 Å². The normalized spacial score (nSPS) is 12.4. The monoisotopic (exact) mass is 448 g/mol. The molecule has 0 aliphatic carbocycles. The van der Waals surface area contributed by atoms with Crippen LogP contribution in [0, 0.1) is 0 Å². The van der Waals surface area contributed by atoms with Gasteiger partial charge in [0.05, 0.1) is 16.2 Å². The van der Waals surface area contributed by atoms with Crippen LogP contribution in [0.25, 0.3) is 0 Å².